The van der Waals surface area contributed by atoms with E-state index in [-0.39, 0.29) is 30.2 Å². The summed E-state index contributed by atoms with van der Waals surface area (Å²) in [7, 11) is 0. The van der Waals surface area contributed by atoms with E-state index in [0.29, 0.717) is 31.0 Å². The van der Waals surface area contributed by atoms with Gasteiger partial charge in [-0.25, -0.2) is 9.48 Å². The number of carbonyl (C=O) groups excluding carboxylic acids is 1. The minimum Gasteiger partial charge on any atom is -0.478 e. The molecule has 3 aromatic rings. The van der Waals surface area contributed by atoms with E-state index in [2.05, 4.69) is 53.3 Å². The van der Waals surface area contributed by atoms with E-state index in [1.54, 1.807) is 24.4 Å². The molecule has 2 aromatic carbocycles. The van der Waals surface area contributed by atoms with Crippen molar-refractivity contribution >= 4 is 11.9 Å². The first-order chi connectivity index (χ1) is 16.9. The molecule has 0 spiro atoms. The highest BCUT2D eigenvalue weighted by atomic mass is 16.5. The molecule has 2 heterocycles. The third kappa shape index (κ3) is 6.12. The number of carbonyl (C=O) groups is 2. The summed E-state index contributed by atoms with van der Waals surface area (Å²) in [6, 6.07) is 17.4. The van der Waals surface area contributed by atoms with E-state index < -0.39 is 5.97 Å². The van der Waals surface area contributed by atoms with Gasteiger partial charge in [0.1, 0.15) is 6.61 Å². The van der Waals surface area contributed by atoms with Crippen molar-refractivity contribution in [2.45, 2.75) is 38.9 Å². The summed E-state index contributed by atoms with van der Waals surface area (Å²) >= 11 is 0. The van der Waals surface area contributed by atoms with Crippen molar-refractivity contribution in [2.24, 2.45) is 0 Å². The zero-order valence-electron chi connectivity index (χ0n) is 20.1. The minimum atomic E-state index is -1.02. The number of benzene rings is 2. The summed E-state index contributed by atoms with van der Waals surface area (Å²) in [5.74, 6) is -1.04. The maximum absolute atomic E-state index is 12.8. The molecule has 1 fully saturated rings. The second-order valence-electron chi connectivity index (χ2n) is 8.94. The molecule has 2 unspecified atom stereocenters. The first-order valence-corrected chi connectivity index (χ1v) is 11.8. The van der Waals surface area contributed by atoms with E-state index in [1.807, 2.05) is 11.0 Å². The smallest absolute Gasteiger partial charge is 0.337 e. The van der Waals surface area contributed by atoms with Gasteiger partial charge in [-0.05, 0) is 31.5 Å². The number of ether oxygens (including phenoxy) is 1. The van der Waals surface area contributed by atoms with E-state index >= 15 is 0 Å². The average molecular weight is 478 g/mol. The number of rotatable bonds is 9. The summed E-state index contributed by atoms with van der Waals surface area (Å²) < 4.78 is 7.11. The molecule has 1 saturated heterocycles. The Morgan fingerprint density at radius 1 is 1.03 bits per heavy atom. The standard InChI is InChI=1S/C26H31N5O4/c1-19-15-30(20(2)14-29(19)16-21-8-4-3-5-9-21)25(32)18-35-13-12-22-17-31(28-27-22)24-11-7-6-10-23(24)26(33)34/h3-11,17,19-20H,12-16,18H2,1-2H3,(H,33,34). The van der Waals surface area contributed by atoms with Crippen LogP contribution in [-0.2, 0) is 22.5 Å². The van der Waals surface area contributed by atoms with Gasteiger partial charge in [-0.15, -0.1) is 5.10 Å². The molecule has 4 rings (SSSR count). The third-order valence-electron chi connectivity index (χ3n) is 6.31. The highest BCUT2D eigenvalue weighted by molar-refractivity contribution is 5.91. The van der Waals surface area contributed by atoms with Crippen molar-refractivity contribution in [3.8, 4) is 5.69 Å². The van der Waals surface area contributed by atoms with E-state index in [9.17, 15) is 14.7 Å². The number of hydrogen-bond acceptors (Lipinski definition) is 6. The Labute approximate surface area is 204 Å². The van der Waals surface area contributed by atoms with Crippen LogP contribution in [-0.4, -0.2) is 80.2 Å². The summed E-state index contributed by atoms with van der Waals surface area (Å²) in [6.07, 6.45) is 2.15. The molecule has 1 aliphatic rings. The second kappa shape index (κ2) is 11.2. The normalized spacial score (nSPS) is 18.5. The fraction of sp³-hybridized carbons (Fsp3) is 0.385. The van der Waals surface area contributed by atoms with Crippen LogP contribution >= 0.6 is 0 Å². The van der Waals surface area contributed by atoms with Crippen molar-refractivity contribution in [1.29, 1.82) is 0 Å². The van der Waals surface area contributed by atoms with Gasteiger partial charge >= 0.3 is 5.97 Å². The van der Waals surface area contributed by atoms with Crippen LogP contribution in [0.15, 0.2) is 60.8 Å². The van der Waals surface area contributed by atoms with E-state index in [1.165, 1.54) is 16.3 Å². The largest absolute Gasteiger partial charge is 0.478 e. The van der Waals surface area contributed by atoms with Crippen LogP contribution in [0, 0.1) is 0 Å². The molecule has 0 radical (unpaired) electrons. The predicted octanol–water partition coefficient (Wildman–Crippen LogP) is 2.65. The van der Waals surface area contributed by atoms with Gasteiger partial charge < -0.3 is 14.7 Å². The molecular weight excluding hydrogens is 446 g/mol. The lowest BCUT2D eigenvalue weighted by Crippen LogP contribution is -2.58. The molecule has 35 heavy (non-hydrogen) atoms. The topological polar surface area (TPSA) is 101 Å². The molecule has 1 amide bonds. The van der Waals surface area contributed by atoms with Crippen molar-refractivity contribution < 1.29 is 19.4 Å². The number of hydrogen-bond donors (Lipinski definition) is 1. The predicted molar refractivity (Wildman–Crippen MR) is 130 cm³/mol. The molecule has 0 aliphatic carbocycles. The Balaban J connectivity index is 1.24. The van der Waals surface area contributed by atoms with Gasteiger partial charge in [0.2, 0.25) is 5.91 Å². The lowest BCUT2D eigenvalue weighted by molar-refractivity contribution is -0.142. The van der Waals surface area contributed by atoms with Gasteiger partial charge in [0.05, 0.1) is 29.7 Å². The van der Waals surface area contributed by atoms with Crippen LogP contribution in [0.3, 0.4) is 0 Å². The van der Waals surface area contributed by atoms with E-state index in [4.69, 9.17) is 4.74 Å². The molecule has 184 valence electrons. The number of piperazine rings is 1. The summed E-state index contributed by atoms with van der Waals surface area (Å²) in [5.41, 5.74) is 2.54. The molecule has 2 atom stereocenters. The zero-order valence-corrected chi connectivity index (χ0v) is 20.1. The number of carboxylic acids is 1. The molecule has 1 N–H and O–H groups in total. The number of nitrogens with zero attached hydrogens (tertiary/aromatic N) is 5. The van der Waals surface area contributed by atoms with Crippen molar-refractivity contribution in [3.05, 3.63) is 77.6 Å². The van der Waals surface area contributed by atoms with E-state index in [0.717, 1.165) is 13.1 Å². The van der Waals surface area contributed by atoms with Crippen LogP contribution in [0.2, 0.25) is 0 Å². The Morgan fingerprint density at radius 2 is 1.77 bits per heavy atom. The Hall–Kier alpha value is -3.56. The fourth-order valence-corrected chi connectivity index (χ4v) is 4.39. The maximum Gasteiger partial charge on any atom is 0.337 e. The molecule has 9 nitrogen and oxygen atoms in total. The van der Waals surface area contributed by atoms with Gasteiger partial charge in [0.15, 0.2) is 0 Å². The highest BCUT2D eigenvalue weighted by Crippen LogP contribution is 2.18. The van der Waals surface area contributed by atoms with Gasteiger partial charge in [-0.3, -0.25) is 9.69 Å². The third-order valence-corrected chi connectivity index (χ3v) is 6.31. The van der Waals surface area contributed by atoms with Crippen LogP contribution in [0.5, 0.6) is 0 Å². The number of aromatic carboxylic acids is 1. The summed E-state index contributed by atoms with van der Waals surface area (Å²) in [4.78, 5) is 28.6. The lowest BCUT2D eigenvalue weighted by Gasteiger charge is -2.44. The van der Waals surface area contributed by atoms with Crippen molar-refractivity contribution in [3.63, 3.8) is 0 Å². The van der Waals surface area contributed by atoms with Crippen LogP contribution in [0.1, 0.15) is 35.5 Å². The van der Waals surface area contributed by atoms with Gasteiger partial charge in [0.25, 0.3) is 0 Å². The van der Waals surface area contributed by atoms with Gasteiger partial charge in [-0.1, -0.05) is 47.7 Å². The number of amides is 1. The summed E-state index contributed by atoms with van der Waals surface area (Å²) in [5, 5.41) is 17.5. The molecule has 1 aliphatic heterocycles. The van der Waals surface area contributed by atoms with Crippen molar-refractivity contribution in [1.82, 2.24) is 24.8 Å². The van der Waals surface area contributed by atoms with Gasteiger partial charge in [-0.2, -0.15) is 0 Å². The second-order valence-corrected chi connectivity index (χ2v) is 8.94. The highest BCUT2D eigenvalue weighted by Gasteiger charge is 2.31. The molecule has 0 saturated carbocycles. The van der Waals surface area contributed by atoms with Crippen molar-refractivity contribution in [2.75, 3.05) is 26.3 Å². The molecule has 0 bridgehead atoms. The number of para-hydroxylation sites is 1. The number of carboxylic acid groups (broad SMARTS) is 1. The molecule has 9 heteroatoms. The Bertz CT molecular complexity index is 1150. The maximum atomic E-state index is 12.8. The van der Waals surface area contributed by atoms with Crippen LogP contribution < -0.4 is 0 Å². The Kier molecular flexibility index (Phi) is 7.89. The average Bonchev–Trinajstić information content (AvgIpc) is 3.33. The number of aromatic nitrogens is 3. The Morgan fingerprint density at radius 3 is 2.54 bits per heavy atom. The zero-order chi connectivity index (χ0) is 24.8. The summed E-state index contributed by atoms with van der Waals surface area (Å²) in [6.45, 7) is 6.95. The molecule has 1 aromatic heterocycles. The lowest BCUT2D eigenvalue weighted by atomic mass is 10.1. The minimum absolute atomic E-state index is 0.0113. The van der Waals surface area contributed by atoms with Crippen LogP contribution in [0.4, 0.5) is 0 Å². The quantitative estimate of drug-likeness (QED) is 0.473. The first kappa shape index (κ1) is 24.6. The van der Waals surface area contributed by atoms with Gasteiger partial charge in [0, 0.05) is 38.1 Å². The molecular formula is C26H31N5O4. The monoisotopic (exact) mass is 477 g/mol. The first-order valence-electron chi connectivity index (χ1n) is 11.8. The van der Waals surface area contributed by atoms with Crippen LogP contribution in [0.25, 0.3) is 5.69 Å². The SMILES string of the molecule is CC1CN(C(=O)COCCc2cn(-c3ccccc3C(=O)O)nn2)C(C)CN1Cc1ccccc1. The fourth-order valence-electron chi connectivity index (χ4n) is 4.39.